The second kappa shape index (κ2) is 9.97. The van der Waals surface area contributed by atoms with Gasteiger partial charge in [-0.05, 0) is 61.0 Å². The van der Waals surface area contributed by atoms with Gasteiger partial charge in [-0.3, -0.25) is 9.59 Å². The van der Waals surface area contributed by atoms with Crippen LogP contribution >= 0.6 is 11.6 Å². The van der Waals surface area contributed by atoms with Gasteiger partial charge in [0.25, 0.3) is 5.91 Å². The monoisotopic (exact) mass is 477 g/mol. The molecule has 3 aromatic carbocycles. The molecule has 1 heterocycles. The zero-order valence-corrected chi connectivity index (χ0v) is 19.6. The number of ether oxygens (including phenoxy) is 1. The van der Waals surface area contributed by atoms with E-state index in [2.05, 4.69) is 5.32 Å². The fourth-order valence-corrected chi connectivity index (χ4v) is 3.96. The van der Waals surface area contributed by atoms with E-state index >= 15 is 0 Å². The predicted molar refractivity (Wildman–Crippen MR) is 131 cm³/mol. The second-order valence-corrected chi connectivity index (χ2v) is 8.48. The van der Waals surface area contributed by atoms with Crippen LogP contribution in [0.4, 0.5) is 16.2 Å². The number of methoxy groups -OCH3 is 1. The van der Waals surface area contributed by atoms with Crippen LogP contribution in [0, 0.1) is 6.92 Å². The van der Waals surface area contributed by atoms with Gasteiger partial charge in [0, 0.05) is 17.3 Å². The molecule has 0 radical (unpaired) electrons. The minimum Gasteiger partial charge on any atom is -0.497 e. The lowest BCUT2D eigenvalue weighted by molar-refractivity contribution is -0.124. The highest BCUT2D eigenvalue weighted by Crippen LogP contribution is 2.29. The Morgan fingerprint density at radius 1 is 1.03 bits per heavy atom. The first-order chi connectivity index (χ1) is 16.4. The quantitative estimate of drug-likeness (QED) is 0.484. The molecule has 1 fully saturated rings. The largest absolute Gasteiger partial charge is 0.497 e. The van der Waals surface area contributed by atoms with Gasteiger partial charge in [-0.15, -0.1) is 0 Å². The van der Waals surface area contributed by atoms with Crippen LogP contribution in [0.3, 0.4) is 0 Å². The van der Waals surface area contributed by atoms with Gasteiger partial charge < -0.3 is 15.0 Å². The normalized spacial score (nSPS) is 15.6. The van der Waals surface area contributed by atoms with Gasteiger partial charge in [0.05, 0.1) is 19.2 Å². The van der Waals surface area contributed by atoms with Crippen LogP contribution in [0.15, 0.2) is 72.8 Å². The van der Waals surface area contributed by atoms with E-state index in [4.69, 9.17) is 16.3 Å². The summed E-state index contributed by atoms with van der Waals surface area (Å²) in [6.45, 7) is 2.08. The Hall–Kier alpha value is -3.84. The lowest BCUT2D eigenvalue weighted by Gasteiger charge is -2.22. The second-order valence-electron chi connectivity index (χ2n) is 8.05. The van der Waals surface area contributed by atoms with Crippen LogP contribution in [-0.2, 0) is 16.1 Å². The number of anilines is 2. The Morgan fingerprint density at radius 2 is 1.74 bits per heavy atom. The Labute approximate surface area is 202 Å². The molecule has 8 heteroatoms. The lowest BCUT2D eigenvalue weighted by atomic mass is 10.1. The van der Waals surface area contributed by atoms with Crippen molar-refractivity contribution < 1.29 is 19.1 Å². The summed E-state index contributed by atoms with van der Waals surface area (Å²) in [6.07, 6.45) is -0.181. The third kappa shape index (κ3) is 5.05. The van der Waals surface area contributed by atoms with Crippen LogP contribution in [0.1, 0.15) is 17.5 Å². The third-order valence-corrected chi connectivity index (χ3v) is 5.86. The van der Waals surface area contributed by atoms with Gasteiger partial charge in [-0.1, -0.05) is 41.4 Å². The highest BCUT2D eigenvalue weighted by atomic mass is 35.5. The zero-order chi connectivity index (χ0) is 24.2. The lowest BCUT2D eigenvalue weighted by Crippen LogP contribution is -2.37. The van der Waals surface area contributed by atoms with Gasteiger partial charge >= 0.3 is 6.03 Å². The number of nitrogens with zero attached hydrogens (tertiary/aromatic N) is 2. The van der Waals surface area contributed by atoms with Crippen molar-refractivity contribution in [2.45, 2.75) is 25.9 Å². The molecular formula is C26H24ClN3O4. The van der Waals surface area contributed by atoms with Gasteiger partial charge in [0.1, 0.15) is 11.8 Å². The maximum atomic E-state index is 13.4. The van der Waals surface area contributed by atoms with Crippen LogP contribution in [0.2, 0.25) is 5.02 Å². The Balaban J connectivity index is 1.61. The third-order valence-electron chi connectivity index (χ3n) is 5.60. The zero-order valence-electron chi connectivity index (χ0n) is 18.8. The molecule has 1 aliphatic rings. The van der Waals surface area contributed by atoms with Gasteiger partial charge in [-0.25, -0.2) is 9.69 Å². The van der Waals surface area contributed by atoms with E-state index in [1.165, 1.54) is 4.90 Å². The summed E-state index contributed by atoms with van der Waals surface area (Å²) >= 11 is 5.91. The van der Waals surface area contributed by atoms with Gasteiger partial charge in [0.15, 0.2) is 0 Å². The molecular weight excluding hydrogens is 454 g/mol. The number of benzene rings is 3. The molecule has 7 nitrogen and oxygen atoms in total. The Morgan fingerprint density at radius 3 is 2.41 bits per heavy atom. The standard InChI is InChI=1S/C26H24ClN3O4/c1-17-6-12-21(13-7-17)30-25(32)23(15-24(31)28-20-10-8-19(27)9-11-20)29(26(30)33)16-18-4-3-5-22(14-18)34-2/h3-14,23H,15-16H2,1-2H3,(H,28,31)/t23-/m1/s1. The van der Waals surface area contributed by atoms with Crippen molar-refractivity contribution in [2.75, 3.05) is 17.3 Å². The van der Waals surface area contributed by atoms with E-state index in [1.807, 2.05) is 31.2 Å². The first kappa shape index (κ1) is 23.3. The minimum absolute atomic E-state index is 0.156. The highest BCUT2D eigenvalue weighted by molar-refractivity contribution is 6.30. The molecule has 0 aromatic heterocycles. The molecule has 0 saturated carbocycles. The van der Waals surface area contributed by atoms with Crippen LogP contribution in [0.5, 0.6) is 5.75 Å². The molecule has 0 aliphatic carbocycles. The molecule has 174 valence electrons. The molecule has 1 aliphatic heterocycles. The first-order valence-corrected chi connectivity index (χ1v) is 11.1. The molecule has 34 heavy (non-hydrogen) atoms. The highest BCUT2D eigenvalue weighted by Gasteiger charge is 2.46. The number of aryl methyl sites for hydroxylation is 1. The maximum Gasteiger partial charge on any atom is 0.332 e. The number of imide groups is 1. The Bertz CT molecular complexity index is 1210. The topological polar surface area (TPSA) is 79.0 Å². The molecule has 4 rings (SSSR count). The van der Waals surface area contributed by atoms with Gasteiger partial charge in [0.2, 0.25) is 5.91 Å². The number of hydrogen-bond donors (Lipinski definition) is 1. The number of carbonyl (C=O) groups excluding carboxylic acids is 3. The van der Waals surface area contributed by atoms with Crippen molar-refractivity contribution >= 4 is 40.8 Å². The maximum absolute atomic E-state index is 13.4. The number of amides is 4. The van der Waals surface area contributed by atoms with E-state index in [1.54, 1.807) is 55.6 Å². The fourth-order valence-electron chi connectivity index (χ4n) is 3.83. The van der Waals surface area contributed by atoms with Crippen LogP contribution < -0.4 is 15.0 Å². The number of carbonyl (C=O) groups is 3. The summed E-state index contributed by atoms with van der Waals surface area (Å²) in [5, 5.41) is 3.32. The summed E-state index contributed by atoms with van der Waals surface area (Å²) in [7, 11) is 1.56. The van der Waals surface area contributed by atoms with Gasteiger partial charge in [-0.2, -0.15) is 0 Å². The molecule has 4 amide bonds. The average Bonchev–Trinajstić information content (AvgIpc) is 3.05. The molecule has 1 N–H and O–H groups in total. The number of nitrogens with one attached hydrogen (secondary N) is 1. The molecule has 0 unspecified atom stereocenters. The molecule has 1 saturated heterocycles. The summed E-state index contributed by atoms with van der Waals surface area (Å²) in [5.41, 5.74) is 2.82. The number of urea groups is 1. The smallest absolute Gasteiger partial charge is 0.332 e. The Kier molecular flexibility index (Phi) is 6.84. The van der Waals surface area contributed by atoms with Crippen LogP contribution in [-0.4, -0.2) is 35.9 Å². The molecule has 0 bridgehead atoms. The van der Waals surface area contributed by atoms with Crippen molar-refractivity contribution in [1.29, 1.82) is 0 Å². The number of halogens is 1. The minimum atomic E-state index is -0.952. The first-order valence-electron chi connectivity index (χ1n) is 10.8. The molecule has 1 atom stereocenters. The summed E-state index contributed by atoms with van der Waals surface area (Å²) in [6, 6.07) is 19.6. The van der Waals surface area contributed by atoms with Crippen molar-refractivity contribution in [3.05, 3.63) is 88.9 Å². The van der Waals surface area contributed by atoms with E-state index < -0.39 is 18.0 Å². The molecule has 3 aromatic rings. The van der Waals surface area contributed by atoms with E-state index in [0.29, 0.717) is 22.1 Å². The van der Waals surface area contributed by atoms with E-state index in [-0.39, 0.29) is 18.9 Å². The van der Waals surface area contributed by atoms with Crippen molar-refractivity contribution in [3.63, 3.8) is 0 Å². The summed E-state index contributed by atoms with van der Waals surface area (Å²) in [4.78, 5) is 42.2. The molecule has 0 spiro atoms. The van der Waals surface area contributed by atoms with E-state index in [9.17, 15) is 14.4 Å². The van der Waals surface area contributed by atoms with E-state index in [0.717, 1.165) is 16.0 Å². The van der Waals surface area contributed by atoms with Crippen LogP contribution in [0.25, 0.3) is 0 Å². The summed E-state index contributed by atoms with van der Waals surface area (Å²) in [5.74, 6) is -0.180. The fraction of sp³-hybridized carbons (Fsp3) is 0.192. The van der Waals surface area contributed by atoms with Crippen molar-refractivity contribution in [1.82, 2.24) is 4.90 Å². The SMILES string of the molecule is COc1cccc(CN2C(=O)N(c3ccc(C)cc3)C(=O)[C@H]2CC(=O)Nc2ccc(Cl)cc2)c1. The van der Waals surface area contributed by atoms with Crippen molar-refractivity contribution in [2.24, 2.45) is 0 Å². The predicted octanol–water partition coefficient (Wildman–Crippen LogP) is 5.02. The number of hydrogen-bond acceptors (Lipinski definition) is 4. The average molecular weight is 478 g/mol. The van der Waals surface area contributed by atoms with Crippen molar-refractivity contribution in [3.8, 4) is 5.75 Å². The number of rotatable bonds is 7. The summed E-state index contributed by atoms with van der Waals surface area (Å²) < 4.78 is 5.28.